The van der Waals surface area contributed by atoms with Gasteiger partial charge in [0.25, 0.3) is 0 Å². The van der Waals surface area contributed by atoms with Gasteiger partial charge in [-0.15, -0.1) is 0 Å². The molecule has 1 rings (SSSR count). The third-order valence-electron chi connectivity index (χ3n) is 1.74. The predicted octanol–water partition coefficient (Wildman–Crippen LogP) is 3.69. The molecule has 2 nitrogen and oxygen atoms in total. The second kappa shape index (κ2) is 6.16. The van der Waals surface area contributed by atoms with Crippen molar-refractivity contribution in [3.05, 3.63) is 28.2 Å². The highest BCUT2D eigenvalue weighted by molar-refractivity contribution is 7.80. The Morgan fingerprint density at radius 3 is 2.47 bits per heavy atom. The lowest BCUT2D eigenvalue weighted by atomic mass is 10.3. The van der Waals surface area contributed by atoms with Crippen LogP contribution in [0.1, 0.15) is 13.3 Å². The van der Waals surface area contributed by atoms with Gasteiger partial charge >= 0.3 is 0 Å². The smallest absolute Gasteiger partial charge is 0.170 e. The van der Waals surface area contributed by atoms with Crippen LogP contribution in [0.3, 0.4) is 0 Å². The molecule has 1 aromatic rings. The van der Waals surface area contributed by atoms with Gasteiger partial charge in [-0.2, -0.15) is 0 Å². The van der Waals surface area contributed by atoms with Gasteiger partial charge < -0.3 is 10.6 Å². The minimum Gasteiger partial charge on any atom is -0.362 e. The lowest BCUT2D eigenvalue weighted by molar-refractivity contribution is 0.846. The number of anilines is 1. The number of hydrogen-bond acceptors (Lipinski definition) is 1. The van der Waals surface area contributed by atoms with Crippen molar-refractivity contribution in [3.8, 4) is 0 Å². The molecule has 0 aliphatic carbocycles. The Morgan fingerprint density at radius 2 is 1.93 bits per heavy atom. The van der Waals surface area contributed by atoms with Gasteiger partial charge in [-0.3, -0.25) is 0 Å². The molecule has 0 aliphatic rings. The number of halogens is 2. The summed E-state index contributed by atoms with van der Waals surface area (Å²) >= 11 is 17.0. The number of rotatable bonds is 3. The highest BCUT2D eigenvalue weighted by atomic mass is 35.5. The molecule has 2 N–H and O–H groups in total. The molecule has 0 radical (unpaired) electrons. The molecule has 0 aromatic heterocycles. The van der Waals surface area contributed by atoms with Crippen molar-refractivity contribution in [2.24, 2.45) is 0 Å². The maximum Gasteiger partial charge on any atom is 0.170 e. The molecule has 0 aliphatic heterocycles. The largest absolute Gasteiger partial charge is 0.362 e. The Labute approximate surface area is 105 Å². The van der Waals surface area contributed by atoms with Crippen LogP contribution in [-0.2, 0) is 0 Å². The van der Waals surface area contributed by atoms with Crippen LogP contribution in [0.15, 0.2) is 18.2 Å². The summed E-state index contributed by atoms with van der Waals surface area (Å²) in [6.45, 7) is 2.89. The van der Waals surface area contributed by atoms with Gasteiger partial charge in [0.15, 0.2) is 5.11 Å². The molecule has 0 atom stereocenters. The van der Waals surface area contributed by atoms with Gasteiger partial charge in [0.05, 0.1) is 15.7 Å². The van der Waals surface area contributed by atoms with E-state index in [-0.39, 0.29) is 0 Å². The van der Waals surface area contributed by atoms with Gasteiger partial charge in [0, 0.05) is 6.54 Å². The van der Waals surface area contributed by atoms with Crippen molar-refractivity contribution in [1.82, 2.24) is 5.32 Å². The van der Waals surface area contributed by atoms with Gasteiger partial charge in [-0.05, 0) is 30.8 Å². The number of benzene rings is 1. The zero-order valence-corrected chi connectivity index (χ0v) is 10.6. The fourth-order valence-corrected chi connectivity index (χ4v) is 1.71. The first kappa shape index (κ1) is 12.6. The third-order valence-corrected chi connectivity index (χ3v) is 2.61. The second-order valence-corrected chi connectivity index (χ2v) is 4.20. The summed E-state index contributed by atoms with van der Waals surface area (Å²) in [5.41, 5.74) is 0.648. The van der Waals surface area contributed by atoms with E-state index in [0.717, 1.165) is 13.0 Å². The SMILES string of the molecule is CCCNC(=S)Nc1c(Cl)cccc1Cl. The van der Waals surface area contributed by atoms with Gasteiger partial charge in [-0.25, -0.2) is 0 Å². The minimum absolute atomic E-state index is 0.534. The maximum atomic E-state index is 5.97. The van der Waals surface area contributed by atoms with Crippen LogP contribution in [0.25, 0.3) is 0 Å². The molecule has 0 spiro atoms. The minimum atomic E-state index is 0.534. The molecule has 5 heteroatoms. The lowest BCUT2D eigenvalue weighted by Gasteiger charge is -2.12. The zero-order valence-electron chi connectivity index (χ0n) is 8.31. The molecule has 0 heterocycles. The monoisotopic (exact) mass is 262 g/mol. The molecule has 0 unspecified atom stereocenters. The van der Waals surface area contributed by atoms with Crippen molar-refractivity contribution in [2.45, 2.75) is 13.3 Å². The van der Waals surface area contributed by atoms with E-state index in [1.807, 2.05) is 0 Å². The Bertz CT molecular complexity index is 335. The third kappa shape index (κ3) is 3.86. The molecular weight excluding hydrogens is 251 g/mol. The lowest BCUT2D eigenvalue weighted by Crippen LogP contribution is -2.29. The Kier molecular flexibility index (Phi) is 5.15. The first-order chi connectivity index (χ1) is 7.15. The summed E-state index contributed by atoms with van der Waals surface area (Å²) in [5, 5.41) is 7.66. The van der Waals surface area contributed by atoms with E-state index in [0.29, 0.717) is 20.8 Å². The molecule has 0 saturated heterocycles. The molecule has 0 fully saturated rings. The number of hydrogen-bond donors (Lipinski definition) is 2. The van der Waals surface area contributed by atoms with Gasteiger partial charge in [-0.1, -0.05) is 36.2 Å². The van der Waals surface area contributed by atoms with Crippen LogP contribution in [0.2, 0.25) is 10.0 Å². The molecule has 0 amide bonds. The van der Waals surface area contributed by atoms with Crippen molar-refractivity contribution in [2.75, 3.05) is 11.9 Å². The normalized spacial score (nSPS) is 9.80. The summed E-state index contributed by atoms with van der Waals surface area (Å²) in [4.78, 5) is 0. The second-order valence-electron chi connectivity index (χ2n) is 2.98. The van der Waals surface area contributed by atoms with E-state index >= 15 is 0 Å². The zero-order chi connectivity index (χ0) is 11.3. The number of para-hydroxylation sites is 1. The highest BCUT2D eigenvalue weighted by Crippen LogP contribution is 2.29. The van der Waals surface area contributed by atoms with Crippen LogP contribution >= 0.6 is 35.4 Å². The van der Waals surface area contributed by atoms with Crippen LogP contribution in [-0.4, -0.2) is 11.7 Å². The topological polar surface area (TPSA) is 24.1 Å². The first-order valence-electron chi connectivity index (χ1n) is 4.64. The predicted molar refractivity (Wildman–Crippen MR) is 71.0 cm³/mol. The summed E-state index contributed by atoms with van der Waals surface area (Å²) in [5.74, 6) is 0. The Morgan fingerprint density at radius 1 is 1.33 bits per heavy atom. The van der Waals surface area contributed by atoms with Crippen LogP contribution in [0, 0.1) is 0 Å². The van der Waals surface area contributed by atoms with Crippen LogP contribution < -0.4 is 10.6 Å². The van der Waals surface area contributed by atoms with Crippen molar-refractivity contribution < 1.29 is 0 Å². The fourth-order valence-electron chi connectivity index (χ4n) is 1.01. The number of nitrogens with one attached hydrogen (secondary N) is 2. The summed E-state index contributed by atoms with van der Waals surface area (Å²) < 4.78 is 0. The van der Waals surface area contributed by atoms with Gasteiger partial charge in [0.1, 0.15) is 0 Å². The standard InChI is InChI=1S/C10H12Cl2N2S/c1-2-6-13-10(15)14-9-7(11)4-3-5-8(9)12/h3-5H,2,6H2,1H3,(H2,13,14,15). The maximum absolute atomic E-state index is 5.97. The van der Waals surface area contributed by atoms with Crippen molar-refractivity contribution in [3.63, 3.8) is 0 Å². The Hall–Kier alpha value is -0.510. The quantitative estimate of drug-likeness (QED) is 0.813. The fraction of sp³-hybridized carbons (Fsp3) is 0.300. The van der Waals surface area contributed by atoms with E-state index in [9.17, 15) is 0 Å². The summed E-state index contributed by atoms with van der Waals surface area (Å²) in [6.07, 6.45) is 1.01. The van der Waals surface area contributed by atoms with E-state index in [4.69, 9.17) is 35.4 Å². The molecule has 82 valence electrons. The van der Waals surface area contributed by atoms with E-state index in [1.165, 1.54) is 0 Å². The molecular formula is C10H12Cl2N2S. The van der Waals surface area contributed by atoms with Gasteiger partial charge in [0.2, 0.25) is 0 Å². The Balaban J connectivity index is 2.68. The summed E-state index contributed by atoms with van der Waals surface area (Å²) in [6, 6.07) is 5.31. The summed E-state index contributed by atoms with van der Waals surface area (Å²) in [7, 11) is 0. The van der Waals surface area contributed by atoms with Crippen molar-refractivity contribution >= 4 is 46.2 Å². The average Bonchev–Trinajstić information content (AvgIpc) is 2.21. The first-order valence-corrected chi connectivity index (χ1v) is 5.80. The van der Waals surface area contributed by atoms with E-state index in [1.54, 1.807) is 18.2 Å². The number of thiocarbonyl (C=S) groups is 1. The van der Waals surface area contributed by atoms with E-state index in [2.05, 4.69) is 17.6 Å². The molecule has 15 heavy (non-hydrogen) atoms. The van der Waals surface area contributed by atoms with Crippen LogP contribution in [0.5, 0.6) is 0 Å². The van der Waals surface area contributed by atoms with E-state index < -0.39 is 0 Å². The molecule has 1 aromatic carbocycles. The average molecular weight is 263 g/mol. The molecule has 0 saturated carbocycles. The van der Waals surface area contributed by atoms with Crippen molar-refractivity contribution in [1.29, 1.82) is 0 Å². The van der Waals surface area contributed by atoms with Crippen LogP contribution in [0.4, 0.5) is 5.69 Å². The molecule has 0 bridgehead atoms. The highest BCUT2D eigenvalue weighted by Gasteiger charge is 2.06.